The Bertz CT molecular complexity index is 541. The summed E-state index contributed by atoms with van der Waals surface area (Å²) in [7, 11) is 0. The topological polar surface area (TPSA) is 52.1 Å². The number of nitrogens with zero attached hydrogens (tertiary/aromatic N) is 2. The lowest BCUT2D eigenvalue weighted by Crippen LogP contribution is -2.03. The lowest BCUT2D eigenvalue weighted by molar-refractivity contribution is 0.0981. The third kappa shape index (κ3) is 3.88. The van der Waals surface area contributed by atoms with Crippen molar-refractivity contribution in [1.82, 2.24) is 9.97 Å². The number of pyridine rings is 2. The molecule has 2 rings (SSSR count). The van der Waals surface area contributed by atoms with Crippen LogP contribution < -0.4 is 4.74 Å². The van der Waals surface area contributed by atoms with Crippen LogP contribution in [0.2, 0.25) is 0 Å². The first kappa shape index (κ1) is 13.2. The molecule has 4 heteroatoms. The van der Waals surface area contributed by atoms with Gasteiger partial charge in [0.25, 0.3) is 0 Å². The first-order valence-electron chi connectivity index (χ1n) is 6.30. The molecule has 0 unspecified atom stereocenters. The van der Waals surface area contributed by atoms with Crippen LogP contribution in [0.3, 0.4) is 0 Å². The maximum atomic E-state index is 12.1. The summed E-state index contributed by atoms with van der Waals surface area (Å²) in [6.45, 7) is 2.46. The third-order valence-corrected chi connectivity index (χ3v) is 2.68. The highest BCUT2D eigenvalue weighted by Crippen LogP contribution is 2.13. The zero-order valence-corrected chi connectivity index (χ0v) is 10.9. The number of rotatable bonds is 6. The smallest absolute Gasteiger partial charge is 0.164 e. The summed E-state index contributed by atoms with van der Waals surface area (Å²) in [6, 6.07) is 7.43. The Kier molecular flexibility index (Phi) is 4.61. The number of aryl methyl sites for hydroxylation is 1. The third-order valence-electron chi connectivity index (χ3n) is 2.68. The second kappa shape index (κ2) is 6.64. The Morgan fingerprint density at radius 1 is 1.32 bits per heavy atom. The Balaban J connectivity index is 1.98. The molecule has 2 aromatic heterocycles. The molecule has 19 heavy (non-hydrogen) atoms. The van der Waals surface area contributed by atoms with Crippen LogP contribution in [0.15, 0.2) is 42.9 Å². The summed E-state index contributed by atoms with van der Waals surface area (Å²) in [4.78, 5) is 20.3. The fourth-order valence-corrected chi connectivity index (χ4v) is 1.75. The van der Waals surface area contributed by atoms with E-state index in [0.29, 0.717) is 30.8 Å². The molecule has 0 atom stereocenters. The van der Waals surface area contributed by atoms with E-state index in [9.17, 15) is 4.79 Å². The number of aromatic nitrogens is 2. The lowest BCUT2D eigenvalue weighted by atomic mass is 10.1. The molecule has 0 saturated heterocycles. The SMILES string of the molecule is CCOc1cncc(C(=O)CCc2ccccn2)c1. The van der Waals surface area contributed by atoms with Crippen molar-refractivity contribution in [2.75, 3.05) is 6.61 Å². The molecule has 0 aliphatic carbocycles. The second-order valence-corrected chi connectivity index (χ2v) is 4.09. The van der Waals surface area contributed by atoms with Gasteiger partial charge in [-0.15, -0.1) is 0 Å². The summed E-state index contributed by atoms with van der Waals surface area (Å²) in [6.07, 6.45) is 5.98. The quantitative estimate of drug-likeness (QED) is 0.746. The van der Waals surface area contributed by atoms with Gasteiger partial charge in [0.1, 0.15) is 5.75 Å². The maximum absolute atomic E-state index is 12.1. The molecule has 98 valence electrons. The molecular formula is C15H16N2O2. The van der Waals surface area contributed by atoms with Crippen molar-refractivity contribution < 1.29 is 9.53 Å². The molecule has 0 fully saturated rings. The first-order chi connectivity index (χ1) is 9.29. The molecule has 0 aliphatic heterocycles. The van der Waals surface area contributed by atoms with E-state index in [-0.39, 0.29) is 5.78 Å². The summed E-state index contributed by atoms with van der Waals surface area (Å²) in [5.74, 6) is 0.686. The number of ether oxygens (including phenoxy) is 1. The van der Waals surface area contributed by atoms with Gasteiger partial charge >= 0.3 is 0 Å². The van der Waals surface area contributed by atoms with Gasteiger partial charge in [0, 0.05) is 30.1 Å². The zero-order chi connectivity index (χ0) is 13.5. The van der Waals surface area contributed by atoms with Crippen molar-refractivity contribution in [3.8, 4) is 5.75 Å². The molecule has 0 N–H and O–H groups in total. The normalized spacial score (nSPS) is 10.2. The van der Waals surface area contributed by atoms with Crippen LogP contribution in [0.5, 0.6) is 5.75 Å². The fraction of sp³-hybridized carbons (Fsp3) is 0.267. The van der Waals surface area contributed by atoms with Crippen molar-refractivity contribution in [3.05, 3.63) is 54.1 Å². The minimum atomic E-state index is 0.0553. The van der Waals surface area contributed by atoms with E-state index < -0.39 is 0 Å². The first-order valence-corrected chi connectivity index (χ1v) is 6.30. The summed E-state index contributed by atoms with van der Waals surface area (Å²) < 4.78 is 5.33. The molecule has 0 aliphatic rings. The number of carbonyl (C=O) groups is 1. The van der Waals surface area contributed by atoms with Crippen LogP contribution in [0.4, 0.5) is 0 Å². The van der Waals surface area contributed by atoms with Crippen molar-refractivity contribution >= 4 is 5.78 Å². The van der Waals surface area contributed by atoms with Crippen LogP contribution in [0, 0.1) is 0 Å². The van der Waals surface area contributed by atoms with Gasteiger partial charge in [-0.3, -0.25) is 14.8 Å². The van der Waals surface area contributed by atoms with E-state index in [2.05, 4.69) is 9.97 Å². The van der Waals surface area contributed by atoms with E-state index >= 15 is 0 Å². The largest absolute Gasteiger partial charge is 0.492 e. The Hall–Kier alpha value is -2.23. The van der Waals surface area contributed by atoms with Crippen LogP contribution in [-0.2, 0) is 6.42 Å². The average Bonchev–Trinajstić information content (AvgIpc) is 2.46. The van der Waals surface area contributed by atoms with Crippen molar-refractivity contribution in [2.24, 2.45) is 0 Å². The van der Waals surface area contributed by atoms with E-state index in [0.717, 1.165) is 5.69 Å². The van der Waals surface area contributed by atoms with Crippen LogP contribution >= 0.6 is 0 Å². The monoisotopic (exact) mass is 256 g/mol. The van der Waals surface area contributed by atoms with Gasteiger partial charge in [0.15, 0.2) is 5.78 Å². The van der Waals surface area contributed by atoms with Gasteiger partial charge in [-0.05, 0) is 31.5 Å². The van der Waals surface area contributed by atoms with Gasteiger partial charge in [0.2, 0.25) is 0 Å². The molecule has 0 aromatic carbocycles. The highest BCUT2D eigenvalue weighted by molar-refractivity contribution is 5.96. The number of carbonyl (C=O) groups excluding carboxylic acids is 1. The minimum absolute atomic E-state index is 0.0553. The molecule has 4 nitrogen and oxygen atoms in total. The second-order valence-electron chi connectivity index (χ2n) is 4.09. The summed E-state index contributed by atoms with van der Waals surface area (Å²) >= 11 is 0. The van der Waals surface area contributed by atoms with E-state index in [1.54, 1.807) is 24.7 Å². The van der Waals surface area contributed by atoms with Crippen LogP contribution in [0.1, 0.15) is 29.4 Å². The lowest BCUT2D eigenvalue weighted by Gasteiger charge is -2.04. The van der Waals surface area contributed by atoms with Gasteiger partial charge < -0.3 is 4.74 Å². The van der Waals surface area contributed by atoms with Gasteiger partial charge in [-0.25, -0.2) is 0 Å². The highest BCUT2D eigenvalue weighted by Gasteiger charge is 2.08. The molecule has 2 aromatic rings. The zero-order valence-electron chi connectivity index (χ0n) is 10.9. The van der Waals surface area contributed by atoms with E-state index in [1.807, 2.05) is 25.1 Å². The predicted molar refractivity (Wildman–Crippen MR) is 72.3 cm³/mol. The Morgan fingerprint density at radius 3 is 2.95 bits per heavy atom. The van der Waals surface area contributed by atoms with Crippen molar-refractivity contribution in [1.29, 1.82) is 0 Å². The van der Waals surface area contributed by atoms with Gasteiger partial charge in [0.05, 0.1) is 12.8 Å². The van der Waals surface area contributed by atoms with Crippen molar-refractivity contribution in [2.45, 2.75) is 19.8 Å². The molecule has 0 spiro atoms. The summed E-state index contributed by atoms with van der Waals surface area (Å²) in [5, 5.41) is 0. The van der Waals surface area contributed by atoms with Crippen LogP contribution in [-0.4, -0.2) is 22.4 Å². The van der Waals surface area contributed by atoms with Gasteiger partial charge in [-0.1, -0.05) is 6.07 Å². The Labute approximate surface area is 112 Å². The molecule has 0 amide bonds. The predicted octanol–water partition coefficient (Wildman–Crippen LogP) is 2.69. The Morgan fingerprint density at radius 2 is 2.21 bits per heavy atom. The number of hydrogen-bond donors (Lipinski definition) is 0. The number of Topliss-reactive ketones (excluding diaryl/α,β-unsaturated/α-hetero) is 1. The number of hydrogen-bond acceptors (Lipinski definition) is 4. The van der Waals surface area contributed by atoms with E-state index in [1.165, 1.54) is 0 Å². The molecule has 0 bridgehead atoms. The number of ketones is 1. The standard InChI is InChI=1S/C15H16N2O2/c1-2-19-14-9-12(10-16-11-14)15(18)7-6-13-5-3-4-8-17-13/h3-5,8-11H,2,6-7H2,1H3. The molecule has 0 saturated carbocycles. The average molecular weight is 256 g/mol. The van der Waals surface area contributed by atoms with Crippen molar-refractivity contribution in [3.63, 3.8) is 0 Å². The minimum Gasteiger partial charge on any atom is -0.492 e. The molecule has 2 heterocycles. The molecular weight excluding hydrogens is 240 g/mol. The maximum Gasteiger partial charge on any atom is 0.164 e. The highest BCUT2D eigenvalue weighted by atomic mass is 16.5. The van der Waals surface area contributed by atoms with Gasteiger partial charge in [-0.2, -0.15) is 0 Å². The molecule has 0 radical (unpaired) electrons. The van der Waals surface area contributed by atoms with E-state index in [4.69, 9.17) is 4.74 Å². The fourth-order valence-electron chi connectivity index (χ4n) is 1.75. The summed E-state index contributed by atoms with van der Waals surface area (Å²) in [5.41, 5.74) is 1.51. The van der Waals surface area contributed by atoms with Crippen LogP contribution in [0.25, 0.3) is 0 Å².